The van der Waals surface area contributed by atoms with Gasteiger partial charge in [-0.05, 0) is 62.3 Å². The second kappa shape index (κ2) is 5.98. The molecule has 5 rings (SSSR count). The molecule has 0 unspecified atom stereocenters. The van der Waals surface area contributed by atoms with Crippen molar-refractivity contribution < 1.29 is 14.3 Å². The Morgan fingerprint density at radius 2 is 1.78 bits per heavy atom. The Balaban J connectivity index is 1.11. The predicted molar refractivity (Wildman–Crippen MR) is 101 cm³/mol. The van der Waals surface area contributed by atoms with E-state index < -0.39 is 0 Å². The Hall–Kier alpha value is -2.04. The monoisotopic (exact) mass is 368 g/mol. The van der Waals surface area contributed by atoms with Gasteiger partial charge in [-0.25, -0.2) is 4.79 Å². The summed E-state index contributed by atoms with van der Waals surface area (Å²) in [6.45, 7) is 4.34. The zero-order chi connectivity index (χ0) is 18.6. The number of carbonyl (C=O) groups excluding carboxylic acids is 2. The van der Waals surface area contributed by atoms with Crippen molar-refractivity contribution in [3.8, 4) is 0 Å². The number of hydrogen-bond donors (Lipinski definition) is 1. The highest BCUT2D eigenvalue weighted by molar-refractivity contribution is 5.81. The van der Waals surface area contributed by atoms with Crippen molar-refractivity contribution >= 4 is 12.0 Å². The fourth-order valence-corrected chi connectivity index (χ4v) is 5.70. The molecule has 27 heavy (non-hydrogen) atoms. The van der Waals surface area contributed by atoms with E-state index in [1.165, 1.54) is 24.0 Å². The van der Waals surface area contributed by atoms with Crippen molar-refractivity contribution in [2.24, 2.45) is 11.3 Å². The first-order valence-corrected chi connectivity index (χ1v) is 10.3. The second-order valence-corrected chi connectivity index (χ2v) is 9.43. The van der Waals surface area contributed by atoms with Gasteiger partial charge in [0.2, 0.25) is 5.91 Å². The Morgan fingerprint density at radius 1 is 1.11 bits per heavy atom. The van der Waals surface area contributed by atoms with Crippen LogP contribution in [0.15, 0.2) is 24.3 Å². The summed E-state index contributed by atoms with van der Waals surface area (Å²) >= 11 is 0. The van der Waals surface area contributed by atoms with E-state index in [0.717, 1.165) is 38.8 Å². The maximum atomic E-state index is 12.8. The van der Waals surface area contributed by atoms with Gasteiger partial charge in [-0.15, -0.1) is 0 Å². The summed E-state index contributed by atoms with van der Waals surface area (Å²) in [7, 11) is 0. The standard InChI is InChI=1S/C22H28N2O3/c1-15-2-4-16(5-3-15)17-10-21(11-17)6-8-24(9-7-21)19(25)18-12-22(13-18)14-27-20(26)23-22/h2-5,17-18H,6-14H2,1H3,(H,23,26)/t18-,22+. The summed E-state index contributed by atoms with van der Waals surface area (Å²) in [6, 6.07) is 8.99. The molecule has 1 N–H and O–H groups in total. The molecule has 0 aromatic heterocycles. The highest BCUT2D eigenvalue weighted by Crippen LogP contribution is 2.57. The third kappa shape index (κ3) is 2.91. The molecule has 144 valence electrons. The van der Waals surface area contributed by atoms with Gasteiger partial charge in [-0.1, -0.05) is 29.8 Å². The number of nitrogens with one attached hydrogen (secondary N) is 1. The number of benzene rings is 1. The first-order valence-electron chi connectivity index (χ1n) is 10.3. The van der Waals surface area contributed by atoms with Gasteiger partial charge in [-0.3, -0.25) is 4.79 Å². The van der Waals surface area contributed by atoms with Gasteiger partial charge in [0.1, 0.15) is 6.61 Å². The molecule has 4 fully saturated rings. The molecule has 2 amide bonds. The normalized spacial score (nSPS) is 28.4. The Bertz CT molecular complexity index is 750. The minimum Gasteiger partial charge on any atom is -0.447 e. The molecule has 4 aliphatic rings. The number of aryl methyl sites for hydroxylation is 1. The zero-order valence-corrected chi connectivity index (χ0v) is 16.0. The van der Waals surface area contributed by atoms with Gasteiger partial charge < -0.3 is 15.0 Å². The van der Waals surface area contributed by atoms with E-state index in [-0.39, 0.29) is 23.5 Å². The van der Waals surface area contributed by atoms with E-state index in [2.05, 4.69) is 41.4 Å². The van der Waals surface area contributed by atoms with E-state index in [1.54, 1.807) is 0 Å². The van der Waals surface area contributed by atoms with Crippen molar-refractivity contribution in [3.05, 3.63) is 35.4 Å². The van der Waals surface area contributed by atoms with E-state index >= 15 is 0 Å². The lowest BCUT2D eigenvalue weighted by molar-refractivity contribution is -0.144. The molecule has 2 aliphatic carbocycles. The van der Waals surface area contributed by atoms with Crippen LogP contribution in [0, 0.1) is 18.3 Å². The number of hydrogen-bond acceptors (Lipinski definition) is 3. The largest absolute Gasteiger partial charge is 0.447 e. The van der Waals surface area contributed by atoms with Crippen LogP contribution in [0.1, 0.15) is 55.6 Å². The molecule has 2 aliphatic heterocycles. The molecule has 1 aromatic carbocycles. The molecule has 0 bridgehead atoms. The zero-order valence-electron chi connectivity index (χ0n) is 16.0. The maximum Gasteiger partial charge on any atom is 0.407 e. The molecule has 0 radical (unpaired) electrons. The van der Waals surface area contributed by atoms with Crippen LogP contribution in [0.4, 0.5) is 4.79 Å². The SMILES string of the molecule is Cc1ccc(C2CC3(CCN(C(=O)[C@H]4C[C@]5(COC(=O)N5)C4)CC3)C2)cc1. The van der Waals surface area contributed by atoms with Crippen molar-refractivity contribution in [2.45, 2.75) is 56.9 Å². The molecule has 5 heteroatoms. The highest BCUT2D eigenvalue weighted by Gasteiger charge is 2.54. The van der Waals surface area contributed by atoms with Crippen molar-refractivity contribution in [1.82, 2.24) is 10.2 Å². The average molecular weight is 368 g/mol. The van der Waals surface area contributed by atoms with Crippen LogP contribution < -0.4 is 5.32 Å². The first kappa shape index (κ1) is 17.1. The molecule has 2 spiro atoms. The molecular formula is C22H28N2O3. The van der Waals surface area contributed by atoms with Crippen LogP contribution in [-0.4, -0.2) is 42.1 Å². The highest BCUT2D eigenvalue weighted by atomic mass is 16.6. The van der Waals surface area contributed by atoms with Crippen LogP contribution in [0.3, 0.4) is 0 Å². The van der Waals surface area contributed by atoms with E-state index in [1.807, 2.05) is 0 Å². The summed E-state index contributed by atoms with van der Waals surface area (Å²) in [5.74, 6) is 1.04. The van der Waals surface area contributed by atoms with E-state index in [0.29, 0.717) is 17.9 Å². The van der Waals surface area contributed by atoms with Crippen LogP contribution in [0.5, 0.6) is 0 Å². The number of nitrogens with zero attached hydrogens (tertiary/aromatic N) is 1. The van der Waals surface area contributed by atoms with Gasteiger partial charge in [0.05, 0.1) is 5.54 Å². The molecule has 1 aromatic rings. The van der Waals surface area contributed by atoms with Crippen molar-refractivity contribution in [2.75, 3.05) is 19.7 Å². The number of cyclic esters (lactones) is 1. The minimum atomic E-state index is -0.339. The topological polar surface area (TPSA) is 58.6 Å². The number of amides is 2. The number of alkyl carbamates (subject to hydrolysis) is 1. The Morgan fingerprint density at radius 3 is 2.37 bits per heavy atom. The summed E-state index contributed by atoms with van der Waals surface area (Å²) < 4.78 is 5.01. The van der Waals surface area contributed by atoms with E-state index in [9.17, 15) is 9.59 Å². The lowest BCUT2D eigenvalue weighted by Crippen LogP contribution is -2.59. The van der Waals surface area contributed by atoms with Crippen LogP contribution in [-0.2, 0) is 9.53 Å². The van der Waals surface area contributed by atoms with Crippen LogP contribution >= 0.6 is 0 Å². The van der Waals surface area contributed by atoms with Crippen molar-refractivity contribution in [1.29, 1.82) is 0 Å². The van der Waals surface area contributed by atoms with E-state index in [4.69, 9.17) is 4.74 Å². The molecular weight excluding hydrogens is 340 g/mol. The third-order valence-corrected chi connectivity index (χ3v) is 7.51. The first-order chi connectivity index (χ1) is 13.0. The molecule has 2 saturated heterocycles. The second-order valence-electron chi connectivity index (χ2n) is 9.43. The molecule has 0 atom stereocenters. The van der Waals surface area contributed by atoms with Gasteiger partial charge >= 0.3 is 6.09 Å². The number of rotatable bonds is 2. The van der Waals surface area contributed by atoms with Gasteiger partial charge in [0, 0.05) is 19.0 Å². The fourth-order valence-electron chi connectivity index (χ4n) is 5.70. The summed E-state index contributed by atoms with van der Waals surface area (Å²) in [5, 5.41) is 2.88. The Labute approximate surface area is 160 Å². The number of likely N-dealkylation sites (tertiary alicyclic amines) is 1. The minimum absolute atomic E-state index is 0.0581. The van der Waals surface area contributed by atoms with Gasteiger partial charge in [0.25, 0.3) is 0 Å². The third-order valence-electron chi connectivity index (χ3n) is 7.51. The smallest absolute Gasteiger partial charge is 0.407 e. The fraction of sp³-hybridized carbons (Fsp3) is 0.636. The molecule has 2 saturated carbocycles. The lowest BCUT2D eigenvalue weighted by Gasteiger charge is -2.53. The van der Waals surface area contributed by atoms with Gasteiger partial charge in [0.15, 0.2) is 0 Å². The average Bonchev–Trinajstić information content (AvgIpc) is 3.01. The van der Waals surface area contributed by atoms with Crippen LogP contribution in [0.25, 0.3) is 0 Å². The molecule has 5 nitrogen and oxygen atoms in total. The summed E-state index contributed by atoms with van der Waals surface area (Å²) in [4.78, 5) is 26.1. The van der Waals surface area contributed by atoms with Gasteiger partial charge in [-0.2, -0.15) is 0 Å². The number of ether oxygens (including phenoxy) is 1. The quantitative estimate of drug-likeness (QED) is 0.871. The summed E-state index contributed by atoms with van der Waals surface area (Å²) in [6.07, 6.45) is 5.94. The molecule has 2 heterocycles. The lowest BCUT2D eigenvalue weighted by atomic mass is 9.56. The Kier molecular flexibility index (Phi) is 3.78. The maximum absolute atomic E-state index is 12.8. The van der Waals surface area contributed by atoms with Crippen LogP contribution in [0.2, 0.25) is 0 Å². The number of carbonyl (C=O) groups is 2. The predicted octanol–water partition coefficient (Wildman–Crippen LogP) is 3.37. The van der Waals surface area contributed by atoms with Crippen molar-refractivity contribution in [3.63, 3.8) is 0 Å². The summed E-state index contributed by atoms with van der Waals surface area (Å²) in [5.41, 5.74) is 3.00. The number of piperidine rings is 1.